The highest BCUT2D eigenvalue weighted by Crippen LogP contribution is 2.26. The average molecular weight is 295 g/mol. The van der Waals surface area contributed by atoms with Gasteiger partial charge in [-0.25, -0.2) is 9.18 Å². The maximum atomic E-state index is 13.8. The number of rotatable bonds is 4. The Morgan fingerprint density at radius 2 is 1.95 bits per heavy atom. The first-order chi connectivity index (χ1) is 9.91. The third-order valence-corrected chi connectivity index (χ3v) is 3.85. The number of amides is 1. The summed E-state index contributed by atoms with van der Waals surface area (Å²) in [5, 5.41) is 8.88. The number of benzene rings is 1. The van der Waals surface area contributed by atoms with Crippen molar-refractivity contribution in [1.82, 2.24) is 4.90 Å². The lowest BCUT2D eigenvalue weighted by Crippen LogP contribution is -2.38. The molecule has 1 aliphatic heterocycles. The van der Waals surface area contributed by atoms with Crippen LogP contribution in [0.1, 0.15) is 31.4 Å². The highest BCUT2D eigenvalue weighted by atomic mass is 19.1. The van der Waals surface area contributed by atoms with Gasteiger partial charge in [0.25, 0.3) is 5.91 Å². The highest BCUT2D eigenvalue weighted by Gasteiger charge is 2.37. The zero-order valence-electron chi connectivity index (χ0n) is 12.0. The van der Waals surface area contributed by atoms with Crippen LogP contribution in [0.2, 0.25) is 0 Å². The lowest BCUT2D eigenvalue weighted by atomic mass is 10.1. The van der Waals surface area contributed by atoms with Crippen molar-refractivity contribution in [2.75, 3.05) is 7.05 Å². The molecule has 0 aromatic heterocycles. The topological polar surface area (TPSA) is 66.8 Å². The number of carbonyl (C=O) groups is 2. The van der Waals surface area contributed by atoms with Crippen LogP contribution in [0.4, 0.5) is 4.39 Å². The molecule has 1 fully saturated rings. The number of halogens is 1. The van der Waals surface area contributed by atoms with Gasteiger partial charge in [-0.1, -0.05) is 18.2 Å². The van der Waals surface area contributed by atoms with Gasteiger partial charge in [0.05, 0.1) is 6.04 Å². The molecule has 0 bridgehead atoms. The van der Waals surface area contributed by atoms with Gasteiger partial charge in [0.1, 0.15) is 11.9 Å². The molecule has 3 unspecified atom stereocenters. The Labute approximate surface area is 122 Å². The van der Waals surface area contributed by atoms with E-state index in [0.717, 1.165) is 0 Å². The first-order valence-corrected chi connectivity index (χ1v) is 6.81. The monoisotopic (exact) mass is 295 g/mol. The molecule has 1 aliphatic rings. The van der Waals surface area contributed by atoms with Crippen molar-refractivity contribution >= 4 is 11.9 Å². The van der Waals surface area contributed by atoms with Gasteiger partial charge in [0.2, 0.25) is 0 Å². The van der Waals surface area contributed by atoms with Gasteiger partial charge >= 0.3 is 5.97 Å². The van der Waals surface area contributed by atoms with Gasteiger partial charge < -0.3 is 14.7 Å². The number of likely N-dealkylation sites (N-methyl/N-ethyl adjacent to an activating group) is 1. The number of aliphatic carboxylic acids is 1. The minimum atomic E-state index is -1.06. The molecule has 5 nitrogen and oxygen atoms in total. The first-order valence-electron chi connectivity index (χ1n) is 6.81. The third-order valence-electron chi connectivity index (χ3n) is 3.85. The molecule has 3 atom stereocenters. The second kappa shape index (κ2) is 6.22. The summed E-state index contributed by atoms with van der Waals surface area (Å²) in [5.74, 6) is -1.76. The Morgan fingerprint density at radius 1 is 1.33 bits per heavy atom. The van der Waals surface area contributed by atoms with Crippen molar-refractivity contribution in [3.05, 3.63) is 35.6 Å². The van der Waals surface area contributed by atoms with Crippen molar-refractivity contribution in [1.29, 1.82) is 0 Å². The third kappa shape index (κ3) is 3.21. The minimum absolute atomic E-state index is 0.313. The summed E-state index contributed by atoms with van der Waals surface area (Å²) < 4.78 is 19.0. The predicted molar refractivity (Wildman–Crippen MR) is 73.1 cm³/mol. The van der Waals surface area contributed by atoms with Gasteiger partial charge in [0, 0.05) is 12.6 Å². The molecule has 1 aromatic carbocycles. The molecule has 1 aromatic rings. The van der Waals surface area contributed by atoms with Gasteiger partial charge in [-0.05, 0) is 25.8 Å². The van der Waals surface area contributed by atoms with Crippen molar-refractivity contribution < 1.29 is 23.8 Å². The summed E-state index contributed by atoms with van der Waals surface area (Å²) in [6.07, 6.45) is -1.03. The van der Waals surface area contributed by atoms with Gasteiger partial charge in [0.15, 0.2) is 6.10 Å². The van der Waals surface area contributed by atoms with Gasteiger partial charge in [-0.15, -0.1) is 0 Å². The zero-order chi connectivity index (χ0) is 15.6. The summed E-state index contributed by atoms with van der Waals surface area (Å²) in [4.78, 5) is 24.6. The summed E-state index contributed by atoms with van der Waals surface area (Å²) >= 11 is 0. The van der Waals surface area contributed by atoms with Crippen molar-refractivity contribution in [3.63, 3.8) is 0 Å². The SMILES string of the molecule is CC(c1ccccc1F)N(C)C(=O)C1CCC(C(=O)O)O1. The van der Waals surface area contributed by atoms with E-state index in [4.69, 9.17) is 9.84 Å². The number of hydrogen-bond acceptors (Lipinski definition) is 3. The van der Waals surface area contributed by atoms with Crippen LogP contribution in [0.5, 0.6) is 0 Å². The van der Waals surface area contributed by atoms with Crippen LogP contribution in [-0.2, 0) is 14.3 Å². The van der Waals surface area contributed by atoms with E-state index >= 15 is 0 Å². The molecule has 1 heterocycles. The maximum Gasteiger partial charge on any atom is 0.332 e. The van der Waals surface area contributed by atoms with Crippen LogP contribution >= 0.6 is 0 Å². The van der Waals surface area contributed by atoms with Crippen molar-refractivity contribution in [2.24, 2.45) is 0 Å². The summed E-state index contributed by atoms with van der Waals surface area (Å²) in [6, 6.07) is 5.81. The molecule has 1 saturated heterocycles. The molecule has 2 rings (SSSR count). The van der Waals surface area contributed by atoms with Crippen LogP contribution in [0.15, 0.2) is 24.3 Å². The fraction of sp³-hybridized carbons (Fsp3) is 0.467. The second-order valence-corrected chi connectivity index (χ2v) is 5.18. The lowest BCUT2D eigenvalue weighted by molar-refractivity contribution is -0.155. The fourth-order valence-electron chi connectivity index (χ4n) is 2.44. The quantitative estimate of drug-likeness (QED) is 0.922. The normalized spacial score (nSPS) is 22.8. The van der Waals surface area contributed by atoms with Gasteiger partial charge in [-0.2, -0.15) is 0 Å². The van der Waals surface area contributed by atoms with Crippen molar-refractivity contribution in [2.45, 2.75) is 38.0 Å². The Bertz CT molecular complexity index is 548. The molecule has 0 spiro atoms. The molecule has 0 saturated carbocycles. The molecule has 1 amide bonds. The Morgan fingerprint density at radius 3 is 2.52 bits per heavy atom. The van der Waals surface area contributed by atoms with E-state index in [-0.39, 0.29) is 11.7 Å². The van der Waals surface area contributed by atoms with E-state index in [2.05, 4.69) is 0 Å². The Hall–Kier alpha value is -1.95. The molecular formula is C15H18FNO4. The van der Waals surface area contributed by atoms with Crippen LogP contribution in [-0.4, -0.2) is 41.1 Å². The van der Waals surface area contributed by atoms with E-state index in [0.29, 0.717) is 18.4 Å². The predicted octanol–water partition coefficient (Wildman–Crippen LogP) is 1.98. The molecule has 0 radical (unpaired) electrons. The number of ether oxygens (including phenoxy) is 1. The molecule has 6 heteroatoms. The largest absolute Gasteiger partial charge is 0.479 e. The van der Waals surface area contributed by atoms with E-state index in [9.17, 15) is 14.0 Å². The highest BCUT2D eigenvalue weighted by molar-refractivity contribution is 5.82. The lowest BCUT2D eigenvalue weighted by Gasteiger charge is -2.28. The van der Waals surface area contributed by atoms with Crippen LogP contribution in [0.25, 0.3) is 0 Å². The number of carbonyl (C=O) groups excluding carboxylic acids is 1. The standard InChI is InChI=1S/C15H18FNO4/c1-9(10-5-3-4-6-11(10)16)17(2)14(18)12-7-8-13(21-12)15(19)20/h3-6,9,12-13H,7-8H2,1-2H3,(H,19,20). The second-order valence-electron chi connectivity index (χ2n) is 5.18. The van der Waals surface area contributed by atoms with E-state index in [1.165, 1.54) is 11.0 Å². The van der Waals surface area contributed by atoms with Gasteiger partial charge in [-0.3, -0.25) is 4.79 Å². The van der Waals surface area contributed by atoms with E-state index in [1.54, 1.807) is 32.2 Å². The van der Waals surface area contributed by atoms with E-state index < -0.39 is 24.2 Å². The number of carboxylic acids is 1. The average Bonchev–Trinajstić information content (AvgIpc) is 2.95. The van der Waals surface area contributed by atoms with Crippen LogP contribution < -0.4 is 0 Å². The maximum absolute atomic E-state index is 13.8. The fourth-order valence-corrected chi connectivity index (χ4v) is 2.44. The number of hydrogen-bond donors (Lipinski definition) is 1. The summed E-state index contributed by atoms with van der Waals surface area (Å²) in [7, 11) is 1.57. The van der Waals surface area contributed by atoms with Crippen molar-refractivity contribution in [3.8, 4) is 0 Å². The molecule has 114 valence electrons. The number of carboxylic acid groups (broad SMARTS) is 1. The zero-order valence-corrected chi connectivity index (χ0v) is 12.0. The summed E-state index contributed by atoms with van der Waals surface area (Å²) in [6.45, 7) is 1.72. The molecule has 21 heavy (non-hydrogen) atoms. The molecular weight excluding hydrogens is 277 g/mol. The minimum Gasteiger partial charge on any atom is -0.479 e. The Balaban J connectivity index is 2.06. The molecule has 1 N–H and O–H groups in total. The van der Waals surface area contributed by atoms with Crippen LogP contribution in [0.3, 0.4) is 0 Å². The smallest absolute Gasteiger partial charge is 0.332 e. The first kappa shape index (κ1) is 15.4. The Kier molecular flexibility index (Phi) is 4.57. The van der Waals surface area contributed by atoms with E-state index in [1.807, 2.05) is 0 Å². The molecule has 0 aliphatic carbocycles. The summed E-state index contributed by atoms with van der Waals surface area (Å²) in [5.41, 5.74) is 0.418. The van der Waals surface area contributed by atoms with Crippen LogP contribution in [0, 0.1) is 5.82 Å². The number of nitrogens with zero attached hydrogens (tertiary/aromatic N) is 1.